The number of carbonyl (C=O) groups is 3. The molecule has 5 nitrogen and oxygen atoms in total. The lowest BCUT2D eigenvalue weighted by Gasteiger charge is -2.23. The summed E-state index contributed by atoms with van der Waals surface area (Å²) in [5.74, 6) is 0.258. The van der Waals surface area contributed by atoms with Crippen LogP contribution in [0.15, 0.2) is 29.2 Å². The van der Waals surface area contributed by atoms with E-state index in [2.05, 4.69) is 5.32 Å². The summed E-state index contributed by atoms with van der Waals surface area (Å²) in [6, 6.07) is 7.09. The summed E-state index contributed by atoms with van der Waals surface area (Å²) in [6.07, 6.45) is 0.942. The highest BCUT2D eigenvalue weighted by Crippen LogP contribution is 2.33. The van der Waals surface area contributed by atoms with E-state index < -0.39 is 6.04 Å². The van der Waals surface area contributed by atoms with Crippen LogP contribution in [0.5, 0.6) is 0 Å². The predicted octanol–water partition coefficient (Wildman–Crippen LogP) is 2.00. The van der Waals surface area contributed by atoms with Gasteiger partial charge in [0.25, 0.3) is 0 Å². The Morgan fingerprint density at radius 1 is 1.36 bits per heavy atom. The summed E-state index contributed by atoms with van der Waals surface area (Å²) in [5, 5.41) is 2.70. The number of fused-ring (bicyclic) bond motifs is 1. The van der Waals surface area contributed by atoms with Gasteiger partial charge in [0.2, 0.25) is 11.8 Å². The van der Waals surface area contributed by atoms with Gasteiger partial charge in [-0.1, -0.05) is 19.1 Å². The second kappa shape index (κ2) is 7.45. The van der Waals surface area contributed by atoms with Gasteiger partial charge in [-0.2, -0.15) is 0 Å². The zero-order chi connectivity index (χ0) is 16.1. The van der Waals surface area contributed by atoms with Crippen molar-refractivity contribution in [2.24, 2.45) is 0 Å². The van der Waals surface area contributed by atoms with Crippen molar-refractivity contribution in [3.8, 4) is 0 Å². The molecule has 6 heteroatoms. The molecule has 0 aliphatic carbocycles. The number of para-hydroxylation sites is 1. The van der Waals surface area contributed by atoms with Gasteiger partial charge < -0.3 is 10.2 Å². The van der Waals surface area contributed by atoms with Crippen molar-refractivity contribution in [3.63, 3.8) is 0 Å². The average Bonchev–Trinajstić information content (AvgIpc) is 2.64. The zero-order valence-corrected chi connectivity index (χ0v) is 13.6. The first-order chi connectivity index (χ1) is 10.5. The Kier molecular flexibility index (Phi) is 5.60. The van der Waals surface area contributed by atoms with Gasteiger partial charge in [-0.25, -0.2) is 0 Å². The van der Waals surface area contributed by atoms with E-state index in [0.717, 1.165) is 10.6 Å². The number of rotatable bonds is 5. The third-order valence-electron chi connectivity index (χ3n) is 3.57. The van der Waals surface area contributed by atoms with Crippen LogP contribution in [0.2, 0.25) is 0 Å². The normalized spacial score (nSPS) is 15.7. The molecular weight excluding hydrogens is 300 g/mol. The largest absolute Gasteiger partial charge is 0.345 e. The van der Waals surface area contributed by atoms with Crippen molar-refractivity contribution >= 4 is 35.0 Å². The third-order valence-corrected chi connectivity index (χ3v) is 4.63. The van der Waals surface area contributed by atoms with Gasteiger partial charge in [-0.3, -0.25) is 14.4 Å². The number of benzene rings is 1. The summed E-state index contributed by atoms with van der Waals surface area (Å²) >= 11 is 1.62. The first-order valence-corrected chi connectivity index (χ1v) is 8.33. The topological polar surface area (TPSA) is 66.5 Å². The maximum Gasteiger partial charge on any atom is 0.240 e. The van der Waals surface area contributed by atoms with Crippen molar-refractivity contribution in [1.82, 2.24) is 5.32 Å². The highest BCUT2D eigenvalue weighted by molar-refractivity contribution is 7.99. The van der Waals surface area contributed by atoms with E-state index in [1.54, 1.807) is 11.8 Å². The standard InChI is InChI=1S/C16H20N2O3S/c1-3-12(11(2)19)17-15(20)10-18-13-6-4-5-7-14(13)22-9-8-16(18)21/h4-7,12H,3,8-10H2,1-2H3,(H,17,20)/t12-/m1/s1. The van der Waals surface area contributed by atoms with Crippen molar-refractivity contribution in [3.05, 3.63) is 24.3 Å². The van der Waals surface area contributed by atoms with Crippen molar-refractivity contribution < 1.29 is 14.4 Å². The van der Waals surface area contributed by atoms with E-state index in [-0.39, 0.29) is 24.1 Å². The molecule has 1 aromatic carbocycles. The van der Waals surface area contributed by atoms with Gasteiger partial charge in [-0.05, 0) is 25.5 Å². The van der Waals surface area contributed by atoms with Crippen LogP contribution in [0.25, 0.3) is 0 Å². The van der Waals surface area contributed by atoms with Crippen LogP contribution < -0.4 is 10.2 Å². The summed E-state index contributed by atoms with van der Waals surface area (Å²) in [4.78, 5) is 38.4. The lowest BCUT2D eigenvalue weighted by molar-refractivity contribution is -0.127. The third kappa shape index (κ3) is 3.88. The molecule has 118 valence electrons. The molecule has 0 unspecified atom stereocenters. The molecule has 22 heavy (non-hydrogen) atoms. The molecule has 0 fully saturated rings. The van der Waals surface area contributed by atoms with Crippen LogP contribution >= 0.6 is 11.8 Å². The fourth-order valence-electron chi connectivity index (χ4n) is 2.37. The average molecular weight is 320 g/mol. The van der Waals surface area contributed by atoms with Crippen LogP contribution in [0.1, 0.15) is 26.7 Å². The molecule has 0 aromatic heterocycles. The number of anilines is 1. The Balaban J connectivity index is 2.15. The lowest BCUT2D eigenvalue weighted by Crippen LogP contribution is -2.46. The Morgan fingerprint density at radius 2 is 2.09 bits per heavy atom. The monoisotopic (exact) mass is 320 g/mol. The quantitative estimate of drug-likeness (QED) is 0.901. The van der Waals surface area contributed by atoms with Crippen LogP contribution in [-0.4, -0.2) is 35.9 Å². The molecule has 0 bridgehead atoms. The molecule has 1 aromatic rings. The smallest absolute Gasteiger partial charge is 0.240 e. The van der Waals surface area contributed by atoms with Crippen LogP contribution in [0.3, 0.4) is 0 Å². The Morgan fingerprint density at radius 3 is 2.77 bits per heavy atom. The number of nitrogens with zero attached hydrogens (tertiary/aromatic N) is 1. The summed E-state index contributed by atoms with van der Waals surface area (Å²) in [5.41, 5.74) is 0.765. The number of ketones is 1. The number of hydrogen-bond acceptors (Lipinski definition) is 4. The van der Waals surface area contributed by atoms with Gasteiger partial charge in [0.1, 0.15) is 6.54 Å². The summed E-state index contributed by atoms with van der Waals surface area (Å²) in [7, 11) is 0. The molecule has 2 amide bonds. The number of amides is 2. The molecule has 1 atom stereocenters. The zero-order valence-electron chi connectivity index (χ0n) is 12.8. The van der Waals surface area contributed by atoms with E-state index in [1.807, 2.05) is 31.2 Å². The highest BCUT2D eigenvalue weighted by atomic mass is 32.2. The minimum atomic E-state index is -0.487. The van der Waals surface area contributed by atoms with Crippen molar-refractivity contribution in [2.75, 3.05) is 17.2 Å². The van der Waals surface area contributed by atoms with E-state index in [4.69, 9.17) is 0 Å². The number of carbonyl (C=O) groups excluding carboxylic acids is 3. The Hall–Kier alpha value is -1.82. The fourth-order valence-corrected chi connectivity index (χ4v) is 3.37. The molecule has 0 spiro atoms. The predicted molar refractivity (Wildman–Crippen MR) is 87.0 cm³/mol. The number of thioether (sulfide) groups is 1. The minimum Gasteiger partial charge on any atom is -0.345 e. The van der Waals surface area contributed by atoms with Crippen LogP contribution in [0, 0.1) is 0 Å². The Labute approximate surface area is 134 Å². The fraction of sp³-hybridized carbons (Fsp3) is 0.438. The molecule has 0 saturated heterocycles. The van der Waals surface area contributed by atoms with E-state index in [9.17, 15) is 14.4 Å². The first-order valence-electron chi connectivity index (χ1n) is 7.35. The lowest BCUT2D eigenvalue weighted by atomic mass is 10.1. The maximum atomic E-state index is 12.3. The Bertz CT molecular complexity index is 589. The summed E-state index contributed by atoms with van der Waals surface area (Å²) in [6.45, 7) is 3.24. The van der Waals surface area contributed by atoms with E-state index in [0.29, 0.717) is 18.6 Å². The highest BCUT2D eigenvalue weighted by Gasteiger charge is 2.25. The molecule has 0 saturated carbocycles. The molecule has 1 aliphatic heterocycles. The van der Waals surface area contributed by atoms with E-state index >= 15 is 0 Å². The van der Waals surface area contributed by atoms with Gasteiger partial charge >= 0.3 is 0 Å². The first kappa shape index (κ1) is 16.5. The second-order valence-corrected chi connectivity index (χ2v) is 6.32. The summed E-state index contributed by atoms with van der Waals surface area (Å²) < 4.78 is 0. The SMILES string of the molecule is CC[C@@H](NC(=O)CN1C(=O)CCSc2ccccc21)C(C)=O. The molecule has 0 radical (unpaired) electrons. The minimum absolute atomic E-state index is 0.0554. The molecule has 1 N–H and O–H groups in total. The maximum absolute atomic E-state index is 12.3. The molecule has 2 rings (SSSR count). The van der Waals surface area contributed by atoms with Crippen molar-refractivity contribution in [2.45, 2.75) is 37.6 Å². The van der Waals surface area contributed by atoms with Gasteiger partial charge in [0.05, 0.1) is 11.7 Å². The van der Waals surface area contributed by atoms with Gasteiger partial charge in [0.15, 0.2) is 5.78 Å². The number of nitrogens with one attached hydrogen (secondary N) is 1. The van der Waals surface area contributed by atoms with Gasteiger partial charge in [0, 0.05) is 17.1 Å². The number of hydrogen-bond donors (Lipinski definition) is 1. The van der Waals surface area contributed by atoms with Crippen LogP contribution in [-0.2, 0) is 14.4 Å². The van der Waals surface area contributed by atoms with Gasteiger partial charge in [-0.15, -0.1) is 11.8 Å². The number of Topliss-reactive ketones (excluding diaryl/α,β-unsaturated/α-hetero) is 1. The molecular formula is C16H20N2O3S. The van der Waals surface area contributed by atoms with Crippen molar-refractivity contribution in [1.29, 1.82) is 0 Å². The molecule has 1 heterocycles. The second-order valence-electron chi connectivity index (χ2n) is 5.19. The molecule has 1 aliphatic rings. The van der Waals surface area contributed by atoms with Crippen LogP contribution in [0.4, 0.5) is 5.69 Å². The van der Waals surface area contributed by atoms with E-state index in [1.165, 1.54) is 11.8 Å².